The Morgan fingerprint density at radius 2 is 1.55 bits per heavy atom. The highest BCUT2D eigenvalue weighted by atomic mass is 16.1. The van der Waals surface area contributed by atoms with Gasteiger partial charge in [-0.15, -0.1) is 0 Å². The van der Waals surface area contributed by atoms with Crippen LogP contribution in [0.2, 0.25) is 0 Å². The van der Waals surface area contributed by atoms with E-state index >= 15 is 0 Å². The molecule has 108 valence electrons. The summed E-state index contributed by atoms with van der Waals surface area (Å²) < 4.78 is 0. The number of aryl methyl sites for hydroxylation is 1. The highest BCUT2D eigenvalue weighted by Crippen LogP contribution is 2.17. The molecular weight excluding hydrogens is 274 g/mol. The highest BCUT2D eigenvalue weighted by molar-refractivity contribution is 6.03. The van der Waals surface area contributed by atoms with E-state index < -0.39 is 0 Å². The van der Waals surface area contributed by atoms with Crippen LogP contribution < -0.4 is 5.32 Å². The number of rotatable bonds is 3. The standard InChI is InChI=1S/C18H15N3O/c1-13-12-16(21-18(22)15-10-6-3-7-11-15)20-17(19-13)14-8-4-2-5-9-14/h2-12H,1H3,(H,19,20,21,22). The molecule has 0 bridgehead atoms. The first-order valence-electron chi connectivity index (χ1n) is 7.00. The summed E-state index contributed by atoms with van der Waals surface area (Å²) in [6, 6.07) is 20.5. The van der Waals surface area contributed by atoms with Crippen LogP contribution in [0.25, 0.3) is 11.4 Å². The van der Waals surface area contributed by atoms with Crippen molar-refractivity contribution in [2.24, 2.45) is 0 Å². The Labute approximate surface area is 128 Å². The second-order valence-electron chi connectivity index (χ2n) is 4.90. The molecule has 22 heavy (non-hydrogen) atoms. The average Bonchev–Trinajstić information content (AvgIpc) is 2.56. The van der Waals surface area contributed by atoms with Crippen LogP contribution in [0.5, 0.6) is 0 Å². The molecule has 3 rings (SSSR count). The maximum atomic E-state index is 12.2. The Morgan fingerprint density at radius 1 is 0.909 bits per heavy atom. The van der Waals surface area contributed by atoms with Crippen LogP contribution in [0.3, 0.4) is 0 Å². The van der Waals surface area contributed by atoms with Gasteiger partial charge in [0.1, 0.15) is 5.82 Å². The molecule has 4 heteroatoms. The van der Waals surface area contributed by atoms with Crippen molar-refractivity contribution < 1.29 is 4.79 Å². The van der Waals surface area contributed by atoms with Gasteiger partial charge in [-0.2, -0.15) is 0 Å². The SMILES string of the molecule is Cc1cc(NC(=O)c2ccccc2)nc(-c2ccccc2)n1. The van der Waals surface area contributed by atoms with E-state index in [9.17, 15) is 4.79 Å². The van der Waals surface area contributed by atoms with Gasteiger partial charge in [-0.05, 0) is 19.1 Å². The summed E-state index contributed by atoms with van der Waals surface area (Å²) in [6.07, 6.45) is 0. The summed E-state index contributed by atoms with van der Waals surface area (Å²) in [6.45, 7) is 1.88. The zero-order valence-electron chi connectivity index (χ0n) is 12.2. The lowest BCUT2D eigenvalue weighted by Crippen LogP contribution is -2.13. The summed E-state index contributed by atoms with van der Waals surface area (Å²) in [7, 11) is 0. The Morgan fingerprint density at radius 3 is 2.23 bits per heavy atom. The number of hydrogen-bond acceptors (Lipinski definition) is 3. The molecule has 0 aliphatic carbocycles. The van der Waals surface area contributed by atoms with Crippen molar-refractivity contribution in [3.8, 4) is 11.4 Å². The minimum atomic E-state index is -0.183. The van der Waals surface area contributed by atoms with E-state index in [4.69, 9.17) is 0 Å². The first kappa shape index (κ1) is 13.9. The largest absolute Gasteiger partial charge is 0.306 e. The third-order valence-electron chi connectivity index (χ3n) is 3.16. The fraction of sp³-hybridized carbons (Fsp3) is 0.0556. The van der Waals surface area contributed by atoms with Crippen LogP contribution in [0, 0.1) is 6.92 Å². The fourth-order valence-electron chi connectivity index (χ4n) is 2.13. The molecule has 0 spiro atoms. The monoisotopic (exact) mass is 289 g/mol. The van der Waals surface area contributed by atoms with Crippen molar-refractivity contribution in [2.45, 2.75) is 6.92 Å². The third-order valence-corrected chi connectivity index (χ3v) is 3.16. The molecule has 1 amide bonds. The van der Waals surface area contributed by atoms with Crippen LogP contribution in [-0.2, 0) is 0 Å². The minimum absolute atomic E-state index is 0.183. The molecule has 0 saturated heterocycles. The average molecular weight is 289 g/mol. The molecule has 0 fully saturated rings. The molecule has 0 aliphatic rings. The van der Waals surface area contributed by atoms with Gasteiger partial charge in [0.25, 0.3) is 5.91 Å². The maximum Gasteiger partial charge on any atom is 0.256 e. The topological polar surface area (TPSA) is 54.9 Å². The Bertz CT molecular complexity index is 786. The molecule has 1 heterocycles. The first-order chi connectivity index (χ1) is 10.7. The van der Waals surface area contributed by atoms with Gasteiger partial charge in [-0.3, -0.25) is 4.79 Å². The van der Waals surface area contributed by atoms with Crippen molar-refractivity contribution in [1.82, 2.24) is 9.97 Å². The summed E-state index contributed by atoms with van der Waals surface area (Å²) in [4.78, 5) is 21.0. The zero-order valence-corrected chi connectivity index (χ0v) is 12.2. The fourth-order valence-corrected chi connectivity index (χ4v) is 2.13. The van der Waals surface area contributed by atoms with Gasteiger partial charge in [0.05, 0.1) is 0 Å². The van der Waals surface area contributed by atoms with E-state index in [-0.39, 0.29) is 5.91 Å². The quantitative estimate of drug-likeness (QED) is 0.799. The lowest BCUT2D eigenvalue weighted by Gasteiger charge is -2.08. The molecule has 0 radical (unpaired) electrons. The number of carbonyl (C=O) groups is 1. The smallest absolute Gasteiger partial charge is 0.256 e. The highest BCUT2D eigenvalue weighted by Gasteiger charge is 2.09. The Hall–Kier alpha value is -3.01. The van der Waals surface area contributed by atoms with Gasteiger partial charge >= 0.3 is 0 Å². The number of hydrogen-bond donors (Lipinski definition) is 1. The van der Waals surface area contributed by atoms with Crippen molar-refractivity contribution in [3.63, 3.8) is 0 Å². The molecule has 2 aromatic carbocycles. The summed E-state index contributed by atoms with van der Waals surface area (Å²) in [5.74, 6) is 0.918. The minimum Gasteiger partial charge on any atom is -0.306 e. The molecular formula is C18H15N3O. The van der Waals surface area contributed by atoms with E-state index in [0.29, 0.717) is 17.2 Å². The van der Waals surface area contributed by atoms with Gasteiger partial charge in [0, 0.05) is 22.9 Å². The number of aromatic nitrogens is 2. The van der Waals surface area contributed by atoms with E-state index in [0.717, 1.165) is 11.3 Å². The van der Waals surface area contributed by atoms with E-state index in [1.807, 2.05) is 55.5 Å². The number of carbonyl (C=O) groups excluding carboxylic acids is 1. The number of nitrogens with one attached hydrogen (secondary N) is 1. The van der Waals surface area contributed by atoms with Crippen molar-refractivity contribution >= 4 is 11.7 Å². The predicted octanol–water partition coefficient (Wildman–Crippen LogP) is 3.70. The van der Waals surface area contributed by atoms with E-state index in [1.165, 1.54) is 0 Å². The van der Waals surface area contributed by atoms with Gasteiger partial charge in [0.2, 0.25) is 0 Å². The number of benzene rings is 2. The molecule has 0 saturated carbocycles. The van der Waals surface area contributed by atoms with Crippen LogP contribution in [0.15, 0.2) is 66.7 Å². The maximum absolute atomic E-state index is 12.2. The van der Waals surface area contributed by atoms with E-state index in [2.05, 4.69) is 15.3 Å². The molecule has 3 aromatic rings. The molecule has 0 unspecified atom stereocenters. The second-order valence-corrected chi connectivity index (χ2v) is 4.90. The Balaban J connectivity index is 1.89. The number of anilines is 1. The van der Waals surface area contributed by atoms with Crippen LogP contribution in [0.4, 0.5) is 5.82 Å². The van der Waals surface area contributed by atoms with Crippen LogP contribution >= 0.6 is 0 Å². The molecule has 0 atom stereocenters. The van der Waals surface area contributed by atoms with Crippen LogP contribution in [-0.4, -0.2) is 15.9 Å². The van der Waals surface area contributed by atoms with Crippen molar-refractivity contribution in [2.75, 3.05) is 5.32 Å². The Kier molecular flexibility index (Phi) is 3.92. The molecule has 1 N–H and O–H groups in total. The molecule has 1 aromatic heterocycles. The summed E-state index contributed by atoms with van der Waals surface area (Å²) >= 11 is 0. The van der Waals surface area contributed by atoms with Crippen LogP contribution in [0.1, 0.15) is 16.1 Å². The van der Waals surface area contributed by atoms with Crippen molar-refractivity contribution in [1.29, 1.82) is 0 Å². The lowest BCUT2D eigenvalue weighted by atomic mass is 10.2. The first-order valence-corrected chi connectivity index (χ1v) is 7.00. The van der Waals surface area contributed by atoms with Gasteiger partial charge in [0.15, 0.2) is 5.82 Å². The normalized spacial score (nSPS) is 10.2. The van der Waals surface area contributed by atoms with Gasteiger partial charge < -0.3 is 5.32 Å². The number of amides is 1. The second kappa shape index (κ2) is 6.18. The number of nitrogens with zero attached hydrogens (tertiary/aromatic N) is 2. The summed E-state index contributed by atoms with van der Waals surface area (Å²) in [5.41, 5.74) is 2.32. The van der Waals surface area contributed by atoms with Gasteiger partial charge in [-0.1, -0.05) is 48.5 Å². The third kappa shape index (κ3) is 3.17. The van der Waals surface area contributed by atoms with Gasteiger partial charge in [-0.25, -0.2) is 9.97 Å². The molecule has 0 aliphatic heterocycles. The summed E-state index contributed by atoms with van der Waals surface area (Å²) in [5, 5.41) is 2.82. The van der Waals surface area contributed by atoms with Crippen molar-refractivity contribution in [3.05, 3.63) is 78.0 Å². The van der Waals surface area contributed by atoms with E-state index in [1.54, 1.807) is 18.2 Å². The zero-order chi connectivity index (χ0) is 15.4. The lowest BCUT2D eigenvalue weighted by molar-refractivity contribution is 0.102. The predicted molar refractivity (Wildman–Crippen MR) is 86.6 cm³/mol. The molecule has 4 nitrogen and oxygen atoms in total.